The van der Waals surface area contributed by atoms with Crippen molar-refractivity contribution in [2.45, 2.75) is 46.1 Å². The lowest BCUT2D eigenvalue weighted by atomic mass is 9.87. The molecule has 0 saturated heterocycles. The summed E-state index contributed by atoms with van der Waals surface area (Å²) in [5.74, 6) is 0.662. The number of aromatic nitrogens is 1. The number of carbonyl (C=O) groups excluding carboxylic acids is 1. The highest BCUT2D eigenvalue weighted by Gasteiger charge is 2.28. The molecule has 0 aliphatic carbocycles. The van der Waals surface area contributed by atoms with Gasteiger partial charge in [0.15, 0.2) is 6.61 Å². The van der Waals surface area contributed by atoms with Crippen LogP contribution in [0.5, 0.6) is 5.75 Å². The van der Waals surface area contributed by atoms with Crippen molar-refractivity contribution in [2.24, 2.45) is 0 Å². The van der Waals surface area contributed by atoms with E-state index in [0.29, 0.717) is 12.3 Å². The second kappa shape index (κ2) is 9.76. The van der Waals surface area contributed by atoms with Gasteiger partial charge in [0.05, 0.1) is 6.04 Å². The molecule has 4 nitrogen and oxygen atoms in total. The van der Waals surface area contributed by atoms with Gasteiger partial charge >= 0.3 is 0 Å². The highest BCUT2D eigenvalue weighted by molar-refractivity contribution is 5.86. The second-order valence-electron chi connectivity index (χ2n) is 9.85. The lowest BCUT2D eigenvalue weighted by Gasteiger charge is -2.31. The number of nitrogens with zero attached hydrogens (tertiary/aromatic N) is 1. The Labute approximate surface area is 202 Å². The molecule has 4 aromatic rings. The van der Waals surface area contributed by atoms with Gasteiger partial charge in [0.1, 0.15) is 5.75 Å². The molecule has 1 aromatic heterocycles. The highest BCUT2D eigenvalue weighted by atomic mass is 16.5. The van der Waals surface area contributed by atoms with Crippen LogP contribution in [0.25, 0.3) is 10.9 Å². The highest BCUT2D eigenvalue weighted by Crippen LogP contribution is 2.34. The fraction of sp³-hybridized carbons (Fsp3) is 0.300. The van der Waals surface area contributed by atoms with Crippen molar-refractivity contribution in [3.63, 3.8) is 0 Å². The van der Waals surface area contributed by atoms with Gasteiger partial charge in [-0.05, 0) is 48.6 Å². The number of hydrogen-bond acceptors (Lipinski definition) is 2. The minimum absolute atomic E-state index is 0.00653. The maximum Gasteiger partial charge on any atom is 0.261 e. The van der Waals surface area contributed by atoms with Gasteiger partial charge in [0.25, 0.3) is 5.91 Å². The number of para-hydroxylation sites is 1. The molecule has 34 heavy (non-hydrogen) atoms. The first-order valence-electron chi connectivity index (χ1n) is 11.9. The summed E-state index contributed by atoms with van der Waals surface area (Å²) >= 11 is 0. The van der Waals surface area contributed by atoms with E-state index in [1.807, 2.05) is 42.3 Å². The molecule has 0 aliphatic heterocycles. The Morgan fingerprint density at radius 1 is 0.971 bits per heavy atom. The van der Waals surface area contributed by atoms with E-state index in [1.54, 1.807) is 0 Å². The number of rotatable bonds is 7. The number of fused-ring (bicyclic) bond motifs is 1. The quantitative estimate of drug-likeness (QED) is 0.334. The third-order valence-electron chi connectivity index (χ3n) is 6.36. The minimum atomic E-state index is -0.207. The molecule has 1 heterocycles. The van der Waals surface area contributed by atoms with Crippen molar-refractivity contribution in [3.05, 3.63) is 101 Å². The largest absolute Gasteiger partial charge is 0.484 e. The average molecular weight is 455 g/mol. The number of nitrogens with one attached hydrogen (secondary N) is 1. The molecule has 0 saturated carbocycles. The van der Waals surface area contributed by atoms with Gasteiger partial charge in [-0.25, -0.2) is 0 Å². The minimum Gasteiger partial charge on any atom is -0.484 e. The Hall–Kier alpha value is -3.53. The summed E-state index contributed by atoms with van der Waals surface area (Å²) in [5.41, 5.74) is 5.74. The molecule has 1 amide bonds. The average Bonchev–Trinajstić information content (AvgIpc) is 3.25. The summed E-state index contributed by atoms with van der Waals surface area (Å²) in [4.78, 5) is 18.8. The first kappa shape index (κ1) is 23.6. The van der Waals surface area contributed by atoms with Crippen LogP contribution in [0.1, 0.15) is 56.0 Å². The number of likely N-dealkylation sites (N-methyl/N-ethyl adjacent to an activating group) is 1. The van der Waals surface area contributed by atoms with Crippen LogP contribution in [0.2, 0.25) is 0 Å². The van der Waals surface area contributed by atoms with Crippen molar-refractivity contribution in [3.8, 4) is 5.75 Å². The van der Waals surface area contributed by atoms with E-state index in [-0.39, 0.29) is 24.0 Å². The smallest absolute Gasteiger partial charge is 0.261 e. The molecule has 0 bridgehead atoms. The lowest BCUT2D eigenvalue weighted by Crippen LogP contribution is -2.38. The molecule has 0 fully saturated rings. The van der Waals surface area contributed by atoms with Crippen LogP contribution in [0.3, 0.4) is 0 Å². The zero-order valence-electron chi connectivity index (χ0n) is 20.8. The number of hydrogen-bond donors (Lipinski definition) is 1. The summed E-state index contributed by atoms with van der Waals surface area (Å²) in [6.07, 6.45) is 2.03. The molecule has 0 spiro atoms. The number of benzene rings is 3. The van der Waals surface area contributed by atoms with Crippen molar-refractivity contribution in [2.75, 3.05) is 13.2 Å². The number of aryl methyl sites for hydroxylation is 1. The van der Waals surface area contributed by atoms with Gasteiger partial charge in [-0.1, -0.05) is 80.9 Å². The second-order valence-corrected chi connectivity index (χ2v) is 9.85. The topological polar surface area (TPSA) is 45.3 Å². The molecule has 4 heteroatoms. The van der Waals surface area contributed by atoms with Crippen LogP contribution < -0.4 is 4.74 Å². The van der Waals surface area contributed by atoms with Crippen molar-refractivity contribution >= 4 is 16.8 Å². The zero-order valence-corrected chi connectivity index (χ0v) is 20.8. The Kier molecular flexibility index (Phi) is 6.78. The van der Waals surface area contributed by atoms with E-state index < -0.39 is 0 Å². The SMILES string of the molecule is CCN(C(=O)COc1ccc(C(C)(C)C)cc1)C(c1ccc(C)cc1)c1c[nH]c2ccccc12. The molecule has 0 aliphatic rings. The number of H-pyrrole nitrogens is 1. The fourth-order valence-corrected chi connectivity index (χ4v) is 4.38. The summed E-state index contributed by atoms with van der Waals surface area (Å²) in [5, 5.41) is 1.12. The van der Waals surface area contributed by atoms with Crippen LogP contribution in [-0.2, 0) is 10.2 Å². The Balaban J connectivity index is 1.61. The van der Waals surface area contributed by atoms with Crippen LogP contribution in [-0.4, -0.2) is 28.9 Å². The summed E-state index contributed by atoms with van der Waals surface area (Å²) in [6.45, 7) is 11.2. The zero-order chi connectivity index (χ0) is 24.3. The van der Waals surface area contributed by atoms with Gasteiger partial charge in [-0.15, -0.1) is 0 Å². The van der Waals surface area contributed by atoms with Crippen LogP contribution >= 0.6 is 0 Å². The predicted molar refractivity (Wildman–Crippen MR) is 139 cm³/mol. The summed E-state index contributed by atoms with van der Waals surface area (Å²) in [6, 6.07) is 24.5. The Bertz CT molecular complexity index is 1250. The van der Waals surface area contributed by atoms with Gasteiger partial charge < -0.3 is 14.6 Å². The maximum atomic E-state index is 13.5. The van der Waals surface area contributed by atoms with Gasteiger partial charge in [0.2, 0.25) is 0 Å². The lowest BCUT2D eigenvalue weighted by molar-refractivity contribution is -0.134. The van der Waals surface area contributed by atoms with Crippen LogP contribution in [0.4, 0.5) is 0 Å². The van der Waals surface area contributed by atoms with Gasteiger partial charge in [-0.3, -0.25) is 4.79 Å². The van der Waals surface area contributed by atoms with Gasteiger partial charge in [0, 0.05) is 29.2 Å². The van der Waals surface area contributed by atoms with Crippen molar-refractivity contribution in [1.29, 1.82) is 0 Å². The molecular formula is C30H34N2O2. The predicted octanol–water partition coefficient (Wildman–Crippen LogP) is 6.79. The summed E-state index contributed by atoms with van der Waals surface area (Å²) < 4.78 is 5.93. The van der Waals surface area contributed by atoms with Crippen molar-refractivity contribution in [1.82, 2.24) is 9.88 Å². The van der Waals surface area contributed by atoms with E-state index in [1.165, 1.54) is 11.1 Å². The molecule has 1 atom stereocenters. The molecule has 1 N–H and O–H groups in total. The Morgan fingerprint density at radius 2 is 1.65 bits per heavy atom. The fourth-order valence-electron chi connectivity index (χ4n) is 4.38. The Morgan fingerprint density at radius 3 is 2.29 bits per heavy atom. The molecule has 176 valence electrons. The van der Waals surface area contributed by atoms with E-state index in [0.717, 1.165) is 22.0 Å². The maximum absolute atomic E-state index is 13.5. The first-order valence-corrected chi connectivity index (χ1v) is 11.9. The van der Waals surface area contributed by atoms with E-state index in [2.05, 4.69) is 81.2 Å². The summed E-state index contributed by atoms with van der Waals surface area (Å²) in [7, 11) is 0. The monoisotopic (exact) mass is 454 g/mol. The third-order valence-corrected chi connectivity index (χ3v) is 6.36. The number of amides is 1. The van der Waals surface area contributed by atoms with Crippen LogP contribution in [0.15, 0.2) is 79.0 Å². The number of ether oxygens (including phenoxy) is 1. The van der Waals surface area contributed by atoms with Gasteiger partial charge in [-0.2, -0.15) is 0 Å². The number of aromatic amines is 1. The molecule has 3 aromatic carbocycles. The van der Waals surface area contributed by atoms with Crippen molar-refractivity contribution < 1.29 is 9.53 Å². The normalized spacial score (nSPS) is 12.5. The molecule has 1 unspecified atom stereocenters. The first-order chi connectivity index (χ1) is 16.3. The molecule has 0 radical (unpaired) electrons. The third kappa shape index (κ3) is 5.01. The number of carbonyl (C=O) groups is 1. The molecular weight excluding hydrogens is 420 g/mol. The standard InChI is InChI=1S/C30H34N2O2/c1-6-32(28(33)20-34-24-17-15-23(16-18-24)30(3,4)5)29(22-13-11-21(2)12-14-22)26-19-31-27-10-8-7-9-25(26)27/h7-19,29,31H,6,20H2,1-5H3. The van der Waals surface area contributed by atoms with E-state index in [9.17, 15) is 4.79 Å². The van der Waals surface area contributed by atoms with E-state index >= 15 is 0 Å². The molecule has 4 rings (SSSR count). The van der Waals surface area contributed by atoms with Crippen LogP contribution in [0, 0.1) is 6.92 Å². The van der Waals surface area contributed by atoms with E-state index in [4.69, 9.17) is 4.74 Å².